The van der Waals surface area contributed by atoms with Crippen LogP contribution in [0.3, 0.4) is 0 Å². The van der Waals surface area contributed by atoms with Crippen LogP contribution in [-0.2, 0) is 26.2 Å². The molecule has 2 aromatic carbocycles. The van der Waals surface area contributed by atoms with E-state index in [-0.39, 0.29) is 19.0 Å². The number of esters is 2. The third-order valence-electron chi connectivity index (χ3n) is 5.86. The highest BCUT2D eigenvalue weighted by Crippen LogP contribution is 2.44. The van der Waals surface area contributed by atoms with Crippen LogP contribution in [0.5, 0.6) is 5.75 Å². The van der Waals surface area contributed by atoms with Crippen LogP contribution in [0.25, 0.3) is 10.9 Å². The molecular weight excluding hydrogens is 430 g/mol. The van der Waals surface area contributed by atoms with Gasteiger partial charge in [0.1, 0.15) is 11.2 Å². The molecule has 0 aliphatic heterocycles. The molecular formula is C25H28ClNO5. The second kappa shape index (κ2) is 9.25. The Morgan fingerprint density at radius 3 is 2.38 bits per heavy atom. The molecule has 7 heteroatoms. The number of hydrogen-bond donors (Lipinski definition) is 1. The fourth-order valence-electron chi connectivity index (χ4n) is 4.34. The van der Waals surface area contributed by atoms with Gasteiger partial charge in [-0.3, -0.25) is 4.79 Å². The zero-order chi connectivity index (χ0) is 23.6. The topological polar surface area (TPSA) is 77.8 Å². The number of halogens is 1. The summed E-state index contributed by atoms with van der Waals surface area (Å²) >= 11 is 6.53. The first-order valence-corrected chi connectivity index (χ1v) is 11.1. The molecule has 1 aromatic heterocycles. The number of ether oxygens (including phenoxy) is 2. The number of benzene rings is 2. The fourth-order valence-corrected chi connectivity index (χ4v) is 4.64. The van der Waals surface area contributed by atoms with E-state index in [2.05, 4.69) is 0 Å². The van der Waals surface area contributed by atoms with Crippen LogP contribution in [-0.4, -0.2) is 34.8 Å². The molecule has 0 spiro atoms. The van der Waals surface area contributed by atoms with Crippen molar-refractivity contribution in [2.75, 3.05) is 13.2 Å². The average molecular weight is 458 g/mol. The number of aromatic hydroxyl groups is 1. The van der Waals surface area contributed by atoms with Gasteiger partial charge in [0.25, 0.3) is 0 Å². The predicted octanol–water partition coefficient (Wildman–Crippen LogP) is 5.37. The summed E-state index contributed by atoms with van der Waals surface area (Å²) in [6.07, 6.45) is 0. The molecule has 3 aromatic rings. The minimum atomic E-state index is -1.39. The molecule has 3 rings (SSSR count). The SMILES string of the molecule is CCOC(=O)c1c(C)n(CC)c2cccc(C(C)(C(=O)OCC)c3cc(O)ccc3Cl)c12. The van der Waals surface area contributed by atoms with E-state index in [1.807, 2.05) is 30.5 Å². The molecule has 1 heterocycles. The largest absolute Gasteiger partial charge is 0.508 e. The van der Waals surface area contributed by atoms with Crippen molar-refractivity contribution < 1.29 is 24.2 Å². The van der Waals surface area contributed by atoms with Crippen LogP contribution in [0.15, 0.2) is 36.4 Å². The van der Waals surface area contributed by atoms with Gasteiger partial charge in [-0.25, -0.2) is 4.79 Å². The lowest BCUT2D eigenvalue weighted by Gasteiger charge is -2.30. The van der Waals surface area contributed by atoms with Crippen molar-refractivity contribution in [1.29, 1.82) is 0 Å². The van der Waals surface area contributed by atoms with Crippen LogP contribution in [0, 0.1) is 6.92 Å². The van der Waals surface area contributed by atoms with Crippen LogP contribution in [0.2, 0.25) is 5.02 Å². The van der Waals surface area contributed by atoms with E-state index in [4.69, 9.17) is 21.1 Å². The second-order valence-corrected chi connectivity index (χ2v) is 8.04. The van der Waals surface area contributed by atoms with E-state index in [1.165, 1.54) is 12.1 Å². The molecule has 170 valence electrons. The number of hydrogen-bond acceptors (Lipinski definition) is 5. The highest BCUT2D eigenvalue weighted by molar-refractivity contribution is 6.32. The van der Waals surface area contributed by atoms with E-state index in [1.54, 1.807) is 32.9 Å². The smallest absolute Gasteiger partial charge is 0.340 e. The molecule has 0 saturated heterocycles. The maximum absolute atomic E-state index is 13.5. The number of phenolic OH excluding ortho intramolecular Hbond substituents is 1. The summed E-state index contributed by atoms with van der Waals surface area (Å²) in [7, 11) is 0. The minimum absolute atomic E-state index is 0.0278. The van der Waals surface area contributed by atoms with Crippen LogP contribution in [0.1, 0.15) is 54.9 Å². The van der Waals surface area contributed by atoms with Gasteiger partial charge in [-0.1, -0.05) is 23.7 Å². The molecule has 0 aliphatic rings. The third kappa shape index (κ3) is 3.73. The van der Waals surface area contributed by atoms with Gasteiger partial charge < -0.3 is 19.1 Å². The Morgan fingerprint density at radius 1 is 1.06 bits per heavy atom. The van der Waals surface area contributed by atoms with Gasteiger partial charge in [-0.2, -0.15) is 0 Å². The summed E-state index contributed by atoms with van der Waals surface area (Å²) in [6, 6.07) is 10.0. The number of aryl methyl sites for hydroxylation is 1. The van der Waals surface area contributed by atoms with Crippen LogP contribution in [0.4, 0.5) is 0 Å². The van der Waals surface area contributed by atoms with Gasteiger partial charge in [0.05, 0.1) is 18.8 Å². The van der Waals surface area contributed by atoms with Gasteiger partial charge in [0.2, 0.25) is 0 Å². The molecule has 0 fully saturated rings. The summed E-state index contributed by atoms with van der Waals surface area (Å²) in [5.74, 6) is -1.01. The highest BCUT2D eigenvalue weighted by atomic mass is 35.5. The lowest BCUT2D eigenvalue weighted by Crippen LogP contribution is -2.36. The Balaban J connectivity index is 2.49. The number of carbonyl (C=O) groups excluding carboxylic acids is 2. The lowest BCUT2D eigenvalue weighted by molar-refractivity contribution is -0.147. The highest BCUT2D eigenvalue weighted by Gasteiger charge is 2.43. The Bertz CT molecular complexity index is 1180. The van der Waals surface area contributed by atoms with E-state index >= 15 is 0 Å². The number of phenols is 1. The Labute approximate surface area is 192 Å². The maximum atomic E-state index is 13.5. The molecule has 1 atom stereocenters. The van der Waals surface area contributed by atoms with Crippen molar-refractivity contribution in [3.8, 4) is 5.75 Å². The van der Waals surface area contributed by atoms with E-state index in [0.29, 0.717) is 33.6 Å². The van der Waals surface area contributed by atoms with Crippen molar-refractivity contribution in [2.45, 2.75) is 46.6 Å². The van der Waals surface area contributed by atoms with Gasteiger partial charge in [-0.05, 0) is 70.0 Å². The molecule has 0 radical (unpaired) electrons. The van der Waals surface area contributed by atoms with E-state index in [9.17, 15) is 14.7 Å². The molecule has 1 N–H and O–H groups in total. The van der Waals surface area contributed by atoms with Gasteiger partial charge in [0.15, 0.2) is 0 Å². The standard InChI is InChI=1S/C25H28ClNO5/c1-6-27-15(4)21(23(29)31-7-2)22-17(10-9-11-20(22)27)25(5,24(30)32-8-3)18-14-16(28)12-13-19(18)26/h9-14,28H,6-8H2,1-5H3. The molecule has 1 unspecified atom stereocenters. The van der Waals surface area contributed by atoms with Crippen molar-refractivity contribution in [1.82, 2.24) is 4.57 Å². The second-order valence-electron chi connectivity index (χ2n) is 7.63. The quantitative estimate of drug-likeness (QED) is 0.482. The first-order chi connectivity index (χ1) is 15.2. The molecule has 32 heavy (non-hydrogen) atoms. The van der Waals surface area contributed by atoms with Gasteiger partial charge >= 0.3 is 11.9 Å². The Morgan fingerprint density at radius 2 is 1.75 bits per heavy atom. The van der Waals surface area contributed by atoms with Crippen molar-refractivity contribution in [3.05, 3.63) is 63.8 Å². The summed E-state index contributed by atoms with van der Waals surface area (Å²) in [5.41, 5.74) is 1.52. The Hall–Kier alpha value is -2.99. The summed E-state index contributed by atoms with van der Waals surface area (Å²) in [4.78, 5) is 26.5. The van der Waals surface area contributed by atoms with E-state index < -0.39 is 17.4 Å². The van der Waals surface area contributed by atoms with Crippen molar-refractivity contribution >= 4 is 34.4 Å². The van der Waals surface area contributed by atoms with Gasteiger partial charge in [-0.15, -0.1) is 0 Å². The van der Waals surface area contributed by atoms with Gasteiger partial charge in [0, 0.05) is 28.2 Å². The maximum Gasteiger partial charge on any atom is 0.340 e. The summed E-state index contributed by atoms with van der Waals surface area (Å²) in [5, 5.41) is 11.1. The lowest BCUT2D eigenvalue weighted by atomic mass is 9.74. The first kappa shape index (κ1) is 23.7. The summed E-state index contributed by atoms with van der Waals surface area (Å²) in [6.45, 7) is 10.1. The molecule has 0 aliphatic carbocycles. The zero-order valence-corrected chi connectivity index (χ0v) is 19.7. The molecule has 0 saturated carbocycles. The zero-order valence-electron chi connectivity index (χ0n) is 19.0. The first-order valence-electron chi connectivity index (χ1n) is 10.7. The molecule has 0 bridgehead atoms. The van der Waals surface area contributed by atoms with Crippen molar-refractivity contribution in [2.24, 2.45) is 0 Å². The number of carbonyl (C=O) groups is 2. The molecule has 0 amide bonds. The van der Waals surface area contributed by atoms with Crippen LogP contribution < -0.4 is 0 Å². The van der Waals surface area contributed by atoms with E-state index in [0.717, 1.165) is 11.2 Å². The summed E-state index contributed by atoms with van der Waals surface area (Å²) < 4.78 is 12.8. The van der Waals surface area contributed by atoms with Crippen molar-refractivity contribution in [3.63, 3.8) is 0 Å². The normalized spacial score (nSPS) is 13.1. The average Bonchev–Trinajstić information content (AvgIpc) is 3.06. The number of aromatic nitrogens is 1. The predicted molar refractivity (Wildman–Crippen MR) is 125 cm³/mol. The number of rotatable bonds is 7. The monoisotopic (exact) mass is 457 g/mol. The number of nitrogens with zero attached hydrogens (tertiary/aromatic N) is 1. The minimum Gasteiger partial charge on any atom is -0.508 e. The Kier molecular flexibility index (Phi) is 6.84. The molecule has 6 nitrogen and oxygen atoms in total. The fraction of sp³-hybridized carbons (Fsp3) is 0.360. The number of fused-ring (bicyclic) bond motifs is 1. The third-order valence-corrected chi connectivity index (χ3v) is 6.19. The van der Waals surface area contributed by atoms with Crippen LogP contribution >= 0.6 is 11.6 Å².